The van der Waals surface area contributed by atoms with E-state index in [-0.39, 0.29) is 5.91 Å². The van der Waals surface area contributed by atoms with Crippen molar-refractivity contribution >= 4 is 38.3 Å². The molecule has 0 unspecified atom stereocenters. The van der Waals surface area contributed by atoms with Crippen LogP contribution in [0.4, 0.5) is 5.13 Å². The van der Waals surface area contributed by atoms with Gasteiger partial charge in [-0.25, -0.2) is 4.98 Å². The second-order valence-electron chi connectivity index (χ2n) is 5.24. The molecule has 0 saturated heterocycles. The number of amides is 1. The topological polar surface area (TPSA) is 54.9 Å². The Morgan fingerprint density at radius 3 is 2.71 bits per heavy atom. The number of carbonyl (C=O) groups excluding carboxylic acids is 1. The third-order valence-electron chi connectivity index (χ3n) is 3.44. The molecule has 3 rings (SSSR count). The standard InChI is InChI=1S/C18H16BrN3OS/c1-2-4-15-16(12-6-8-14(19)9-7-12)21-18(24-15)22-17(23)13-5-3-10-20-11-13/h3,5-11H,2,4H2,1H3,(H,21,22,23). The maximum absolute atomic E-state index is 12.3. The molecule has 0 fully saturated rings. The summed E-state index contributed by atoms with van der Waals surface area (Å²) in [5.41, 5.74) is 2.52. The van der Waals surface area contributed by atoms with E-state index in [1.165, 1.54) is 16.2 Å². The highest BCUT2D eigenvalue weighted by Gasteiger charge is 2.15. The van der Waals surface area contributed by atoms with Gasteiger partial charge in [0.1, 0.15) is 0 Å². The summed E-state index contributed by atoms with van der Waals surface area (Å²) in [5.74, 6) is -0.192. The zero-order valence-electron chi connectivity index (χ0n) is 13.1. The van der Waals surface area contributed by atoms with E-state index in [1.54, 1.807) is 24.5 Å². The van der Waals surface area contributed by atoms with Crippen LogP contribution in [0, 0.1) is 0 Å². The van der Waals surface area contributed by atoms with Crippen LogP contribution in [0.15, 0.2) is 53.3 Å². The lowest BCUT2D eigenvalue weighted by Gasteiger charge is -2.01. The van der Waals surface area contributed by atoms with E-state index in [2.05, 4.69) is 38.1 Å². The van der Waals surface area contributed by atoms with Crippen LogP contribution in [0.1, 0.15) is 28.6 Å². The van der Waals surface area contributed by atoms with Gasteiger partial charge in [0, 0.05) is 27.3 Å². The Labute approximate surface area is 153 Å². The zero-order chi connectivity index (χ0) is 16.9. The quantitative estimate of drug-likeness (QED) is 0.641. The summed E-state index contributed by atoms with van der Waals surface area (Å²) in [4.78, 5) is 22.1. The Balaban J connectivity index is 1.88. The van der Waals surface area contributed by atoms with Gasteiger partial charge < -0.3 is 0 Å². The van der Waals surface area contributed by atoms with Crippen molar-refractivity contribution in [2.24, 2.45) is 0 Å². The molecule has 1 amide bonds. The van der Waals surface area contributed by atoms with Gasteiger partial charge in [0.2, 0.25) is 0 Å². The van der Waals surface area contributed by atoms with Crippen molar-refractivity contribution in [1.82, 2.24) is 9.97 Å². The van der Waals surface area contributed by atoms with Gasteiger partial charge in [-0.15, -0.1) is 11.3 Å². The van der Waals surface area contributed by atoms with Crippen LogP contribution in [0.5, 0.6) is 0 Å². The van der Waals surface area contributed by atoms with E-state index in [1.807, 2.05) is 24.3 Å². The number of benzene rings is 1. The second-order valence-corrected chi connectivity index (χ2v) is 7.24. The summed E-state index contributed by atoms with van der Waals surface area (Å²) in [7, 11) is 0. The first kappa shape index (κ1) is 16.8. The third kappa shape index (κ3) is 3.88. The number of hydrogen-bond donors (Lipinski definition) is 1. The molecule has 1 aromatic carbocycles. The zero-order valence-corrected chi connectivity index (χ0v) is 15.5. The van der Waals surface area contributed by atoms with Gasteiger partial charge in [-0.2, -0.15) is 0 Å². The molecule has 3 aromatic rings. The second kappa shape index (κ2) is 7.68. The molecule has 6 heteroatoms. The number of hydrogen-bond acceptors (Lipinski definition) is 4. The molecule has 0 aliphatic rings. The number of halogens is 1. The smallest absolute Gasteiger partial charge is 0.259 e. The minimum atomic E-state index is -0.192. The molecule has 0 atom stereocenters. The number of nitrogens with zero attached hydrogens (tertiary/aromatic N) is 2. The molecule has 24 heavy (non-hydrogen) atoms. The number of rotatable bonds is 5. The number of aromatic nitrogens is 2. The minimum absolute atomic E-state index is 0.192. The molecule has 122 valence electrons. The molecule has 0 radical (unpaired) electrons. The summed E-state index contributed by atoms with van der Waals surface area (Å²) in [6, 6.07) is 11.5. The van der Waals surface area contributed by atoms with Crippen LogP contribution in [0.25, 0.3) is 11.3 Å². The summed E-state index contributed by atoms with van der Waals surface area (Å²) in [6.07, 6.45) is 5.16. The number of pyridine rings is 1. The predicted octanol–water partition coefficient (Wildman–Crippen LogP) is 5.17. The van der Waals surface area contributed by atoms with Gasteiger partial charge in [0.05, 0.1) is 11.3 Å². The van der Waals surface area contributed by atoms with Crippen LogP contribution < -0.4 is 5.32 Å². The van der Waals surface area contributed by atoms with Gasteiger partial charge >= 0.3 is 0 Å². The molecule has 2 aromatic heterocycles. The molecule has 0 aliphatic carbocycles. The summed E-state index contributed by atoms with van der Waals surface area (Å²) < 4.78 is 1.03. The predicted molar refractivity (Wildman–Crippen MR) is 101 cm³/mol. The molecule has 0 spiro atoms. The van der Waals surface area contributed by atoms with Crippen LogP contribution in [-0.4, -0.2) is 15.9 Å². The highest BCUT2D eigenvalue weighted by Crippen LogP contribution is 2.33. The normalized spacial score (nSPS) is 10.6. The maximum Gasteiger partial charge on any atom is 0.259 e. The lowest BCUT2D eigenvalue weighted by Crippen LogP contribution is -2.11. The molecule has 4 nitrogen and oxygen atoms in total. The van der Waals surface area contributed by atoms with E-state index < -0.39 is 0 Å². The monoisotopic (exact) mass is 401 g/mol. The van der Waals surface area contributed by atoms with Crippen LogP contribution >= 0.6 is 27.3 Å². The molecule has 0 saturated carbocycles. The van der Waals surface area contributed by atoms with Crippen molar-refractivity contribution in [2.45, 2.75) is 19.8 Å². The SMILES string of the molecule is CCCc1sc(NC(=O)c2cccnc2)nc1-c1ccc(Br)cc1. The number of aryl methyl sites for hydroxylation is 1. The summed E-state index contributed by atoms with van der Waals surface area (Å²) in [5, 5.41) is 3.49. The molecule has 0 bridgehead atoms. The van der Waals surface area contributed by atoms with Crippen LogP contribution in [0.2, 0.25) is 0 Å². The van der Waals surface area contributed by atoms with E-state index in [0.717, 1.165) is 28.6 Å². The fourth-order valence-corrected chi connectivity index (χ4v) is 3.65. The van der Waals surface area contributed by atoms with Crippen molar-refractivity contribution in [2.75, 3.05) is 5.32 Å². The maximum atomic E-state index is 12.3. The van der Waals surface area contributed by atoms with E-state index in [9.17, 15) is 4.79 Å². The molecular weight excluding hydrogens is 386 g/mol. The number of carbonyl (C=O) groups is 1. The fraction of sp³-hybridized carbons (Fsp3) is 0.167. The largest absolute Gasteiger partial charge is 0.298 e. The number of thiazole rings is 1. The van der Waals surface area contributed by atoms with E-state index in [0.29, 0.717) is 10.7 Å². The highest BCUT2D eigenvalue weighted by atomic mass is 79.9. The Morgan fingerprint density at radius 1 is 1.25 bits per heavy atom. The van der Waals surface area contributed by atoms with Gasteiger partial charge in [0.15, 0.2) is 5.13 Å². The van der Waals surface area contributed by atoms with Crippen LogP contribution in [-0.2, 0) is 6.42 Å². The van der Waals surface area contributed by atoms with Gasteiger partial charge in [0.25, 0.3) is 5.91 Å². The lowest BCUT2D eigenvalue weighted by atomic mass is 10.1. The fourth-order valence-electron chi connectivity index (χ4n) is 2.30. The Hall–Kier alpha value is -2.05. The van der Waals surface area contributed by atoms with Crippen molar-refractivity contribution in [3.63, 3.8) is 0 Å². The Kier molecular flexibility index (Phi) is 5.37. The molecule has 1 N–H and O–H groups in total. The van der Waals surface area contributed by atoms with Crippen LogP contribution in [0.3, 0.4) is 0 Å². The van der Waals surface area contributed by atoms with Gasteiger partial charge in [-0.1, -0.05) is 41.4 Å². The van der Waals surface area contributed by atoms with Crippen molar-refractivity contribution in [1.29, 1.82) is 0 Å². The minimum Gasteiger partial charge on any atom is -0.298 e. The number of nitrogens with one attached hydrogen (secondary N) is 1. The number of anilines is 1. The first-order valence-corrected chi connectivity index (χ1v) is 9.25. The summed E-state index contributed by atoms with van der Waals surface area (Å²) >= 11 is 4.98. The van der Waals surface area contributed by atoms with Crippen molar-refractivity contribution in [3.8, 4) is 11.3 Å². The van der Waals surface area contributed by atoms with Gasteiger partial charge in [-0.3, -0.25) is 15.1 Å². The first-order valence-electron chi connectivity index (χ1n) is 7.64. The lowest BCUT2D eigenvalue weighted by molar-refractivity contribution is 0.102. The van der Waals surface area contributed by atoms with Gasteiger partial charge in [-0.05, 0) is 30.7 Å². The highest BCUT2D eigenvalue weighted by molar-refractivity contribution is 9.10. The molecule has 0 aliphatic heterocycles. The van der Waals surface area contributed by atoms with Crippen molar-refractivity contribution < 1.29 is 4.79 Å². The van der Waals surface area contributed by atoms with E-state index in [4.69, 9.17) is 0 Å². The average Bonchev–Trinajstić information content (AvgIpc) is 2.99. The van der Waals surface area contributed by atoms with Crippen molar-refractivity contribution in [3.05, 3.63) is 63.7 Å². The summed E-state index contributed by atoms with van der Waals surface area (Å²) in [6.45, 7) is 2.14. The Morgan fingerprint density at radius 2 is 2.04 bits per heavy atom. The first-order chi connectivity index (χ1) is 11.7. The third-order valence-corrected chi connectivity index (χ3v) is 5.00. The Bertz CT molecular complexity index is 831. The molecular formula is C18H16BrN3OS. The molecule has 2 heterocycles. The van der Waals surface area contributed by atoms with E-state index >= 15 is 0 Å². The average molecular weight is 402 g/mol.